The Morgan fingerprint density at radius 2 is 1.94 bits per heavy atom. The molecule has 0 bridgehead atoms. The lowest BCUT2D eigenvalue weighted by molar-refractivity contribution is -0.126. The van der Waals surface area contributed by atoms with Crippen LogP contribution < -0.4 is 11.1 Å². The van der Waals surface area contributed by atoms with Crippen LogP contribution in [0.1, 0.15) is 57.8 Å². The van der Waals surface area contributed by atoms with E-state index >= 15 is 0 Å². The molecule has 1 amide bonds. The topological polar surface area (TPSA) is 115 Å². The maximum Gasteiger partial charge on any atom is 0.240 e. The van der Waals surface area contributed by atoms with E-state index in [0.29, 0.717) is 18.8 Å². The summed E-state index contributed by atoms with van der Waals surface area (Å²) in [5, 5.41) is 14.1. The predicted octanol–water partition coefficient (Wildman–Crippen LogP) is 4.43. The van der Waals surface area contributed by atoms with Crippen molar-refractivity contribution in [2.75, 3.05) is 0 Å². The van der Waals surface area contributed by atoms with E-state index < -0.39 is 11.6 Å². The largest absolute Gasteiger partial charge is 0.467 e. The summed E-state index contributed by atoms with van der Waals surface area (Å²) < 4.78 is 7.58. The maximum absolute atomic E-state index is 13.0. The van der Waals surface area contributed by atoms with Crippen molar-refractivity contribution >= 4 is 28.6 Å². The third-order valence-electron chi connectivity index (χ3n) is 5.34. The Bertz CT molecular complexity index is 1260. The molecule has 0 radical (unpaired) electrons. The summed E-state index contributed by atoms with van der Waals surface area (Å²) in [7, 11) is 0. The molecule has 3 heterocycles. The molecule has 3 aromatic heterocycles. The number of thioether (sulfide) groups is 1. The van der Waals surface area contributed by atoms with Crippen LogP contribution in [0.4, 0.5) is 0 Å². The average molecular weight is 481 g/mol. The molecule has 0 saturated heterocycles. The fourth-order valence-electron chi connectivity index (χ4n) is 3.69. The zero-order valence-electron chi connectivity index (χ0n) is 20.3. The summed E-state index contributed by atoms with van der Waals surface area (Å²) in [5.74, 6) is 1.19. The number of carbonyl (C=O) groups excluding carboxylic acids is 1. The summed E-state index contributed by atoms with van der Waals surface area (Å²) in [5.41, 5.74) is 7.21. The van der Waals surface area contributed by atoms with Gasteiger partial charge in [0.15, 0.2) is 11.0 Å². The molecule has 34 heavy (non-hydrogen) atoms. The minimum Gasteiger partial charge on any atom is -0.467 e. The zero-order chi connectivity index (χ0) is 24.5. The number of rotatable bonds is 8. The molecule has 180 valence electrons. The highest BCUT2D eigenvalue weighted by atomic mass is 32.2. The first-order valence-corrected chi connectivity index (χ1v) is 12.1. The fourth-order valence-corrected chi connectivity index (χ4v) is 4.58. The summed E-state index contributed by atoms with van der Waals surface area (Å²) in [4.78, 5) is 16.3. The molecule has 4 N–H and O–H groups in total. The fraction of sp³-hybridized carbons (Fsp3) is 0.400. The van der Waals surface area contributed by atoms with Gasteiger partial charge in [-0.15, -0.1) is 10.2 Å². The van der Waals surface area contributed by atoms with E-state index in [-0.39, 0.29) is 10.7 Å². The van der Waals surface area contributed by atoms with Crippen molar-refractivity contribution in [1.29, 1.82) is 0 Å². The van der Waals surface area contributed by atoms with Gasteiger partial charge in [-0.05, 0) is 37.6 Å². The summed E-state index contributed by atoms with van der Waals surface area (Å²) in [6.45, 7) is 10.2. The van der Waals surface area contributed by atoms with Gasteiger partial charge in [0.05, 0.1) is 24.4 Å². The lowest BCUT2D eigenvalue weighted by Gasteiger charge is -2.25. The lowest BCUT2D eigenvalue weighted by atomic mass is 10.0. The van der Waals surface area contributed by atoms with Crippen LogP contribution in [0.2, 0.25) is 0 Å². The molecule has 9 heteroatoms. The van der Waals surface area contributed by atoms with Crippen molar-refractivity contribution in [1.82, 2.24) is 25.1 Å². The molecule has 8 nitrogen and oxygen atoms in total. The van der Waals surface area contributed by atoms with Gasteiger partial charge in [0.25, 0.3) is 0 Å². The van der Waals surface area contributed by atoms with E-state index in [2.05, 4.69) is 47.3 Å². The van der Waals surface area contributed by atoms with Crippen LogP contribution in [0.25, 0.3) is 10.9 Å². The third-order valence-corrected chi connectivity index (χ3v) is 6.44. The van der Waals surface area contributed by atoms with E-state index in [9.17, 15) is 4.79 Å². The number of H-pyrrole nitrogens is 1. The van der Waals surface area contributed by atoms with Crippen LogP contribution in [0, 0.1) is 0 Å². The molecule has 4 aromatic rings. The number of aromatic amines is 1. The van der Waals surface area contributed by atoms with Crippen molar-refractivity contribution in [3.05, 3.63) is 66.0 Å². The van der Waals surface area contributed by atoms with Crippen LogP contribution >= 0.6 is 11.8 Å². The van der Waals surface area contributed by atoms with Gasteiger partial charge < -0.3 is 20.5 Å². The van der Waals surface area contributed by atoms with Gasteiger partial charge in [0.1, 0.15) is 5.76 Å². The maximum atomic E-state index is 13.0. The molecule has 1 unspecified atom stereocenters. The number of nitrogens with zero attached hydrogens (tertiary/aromatic N) is 3. The molecule has 0 aliphatic heterocycles. The van der Waals surface area contributed by atoms with E-state index in [1.165, 1.54) is 0 Å². The van der Waals surface area contributed by atoms with Crippen LogP contribution in [0.15, 0.2) is 58.4 Å². The molecule has 0 aliphatic carbocycles. The van der Waals surface area contributed by atoms with Crippen molar-refractivity contribution < 1.29 is 9.21 Å². The minimum atomic E-state index is -1.03. The number of aromatic nitrogens is 4. The molecule has 4 rings (SSSR count). The minimum absolute atomic E-state index is 0.0694. The first-order valence-electron chi connectivity index (χ1n) is 11.3. The smallest absolute Gasteiger partial charge is 0.240 e. The first kappa shape index (κ1) is 24.1. The molecule has 1 aromatic carbocycles. The summed E-state index contributed by atoms with van der Waals surface area (Å²) >= 11 is 1.63. The number of fused-ring (bicyclic) bond motifs is 1. The highest BCUT2D eigenvalue weighted by Crippen LogP contribution is 2.33. The number of carbonyl (C=O) groups is 1. The Morgan fingerprint density at radius 1 is 1.18 bits per heavy atom. The Kier molecular flexibility index (Phi) is 6.60. The molecule has 0 spiro atoms. The van der Waals surface area contributed by atoms with Gasteiger partial charge in [-0.1, -0.05) is 50.7 Å². The normalized spacial score (nSPS) is 13.4. The quantitative estimate of drug-likeness (QED) is 0.322. The first-order chi connectivity index (χ1) is 16.0. The van der Waals surface area contributed by atoms with Gasteiger partial charge in [-0.2, -0.15) is 0 Å². The average Bonchev–Trinajstić information content (AvgIpc) is 3.48. The Balaban J connectivity index is 1.77. The van der Waals surface area contributed by atoms with Crippen molar-refractivity contribution in [3.63, 3.8) is 0 Å². The second-order valence-electron chi connectivity index (χ2n) is 10.0. The van der Waals surface area contributed by atoms with Gasteiger partial charge in [-0.25, -0.2) is 0 Å². The number of hydrogen-bond acceptors (Lipinski definition) is 6. The number of benzene rings is 1. The standard InChI is InChI=1S/C25H32N6O2S/c1-24(2,3)34-23-30-29-21(31(23)15-17-9-8-12-33-17)20(28-22(32)25(4,5)26)13-16-14-27-19-11-7-6-10-18(16)19/h6-12,14,20,27H,13,15,26H2,1-5H3,(H,28,32). The highest BCUT2D eigenvalue weighted by molar-refractivity contribution is 8.00. The molecule has 0 aliphatic rings. The van der Waals surface area contributed by atoms with E-state index in [0.717, 1.165) is 27.4 Å². The molecular formula is C25H32N6O2S. The van der Waals surface area contributed by atoms with Crippen LogP contribution in [-0.2, 0) is 17.8 Å². The summed E-state index contributed by atoms with van der Waals surface area (Å²) in [6.07, 6.45) is 4.16. The van der Waals surface area contributed by atoms with Crippen molar-refractivity contribution in [3.8, 4) is 0 Å². The monoisotopic (exact) mass is 480 g/mol. The van der Waals surface area contributed by atoms with Gasteiger partial charge in [0.2, 0.25) is 5.91 Å². The lowest BCUT2D eigenvalue weighted by Crippen LogP contribution is -2.50. The van der Waals surface area contributed by atoms with Crippen LogP contribution in [0.3, 0.4) is 0 Å². The van der Waals surface area contributed by atoms with E-state index in [1.807, 2.05) is 41.1 Å². The van der Waals surface area contributed by atoms with Crippen LogP contribution in [-0.4, -0.2) is 35.9 Å². The number of para-hydroxylation sites is 1. The number of hydrogen-bond donors (Lipinski definition) is 3. The zero-order valence-corrected chi connectivity index (χ0v) is 21.1. The Labute approximate surface area is 203 Å². The number of nitrogens with one attached hydrogen (secondary N) is 2. The van der Waals surface area contributed by atoms with Crippen molar-refractivity contribution in [2.45, 2.75) is 69.1 Å². The number of nitrogens with two attached hydrogens (primary N) is 1. The molecular weight excluding hydrogens is 448 g/mol. The van der Waals surface area contributed by atoms with Gasteiger partial charge in [-0.3, -0.25) is 9.36 Å². The van der Waals surface area contributed by atoms with E-state index in [1.54, 1.807) is 31.9 Å². The second kappa shape index (κ2) is 9.31. The predicted molar refractivity (Wildman–Crippen MR) is 135 cm³/mol. The Hall–Kier alpha value is -3.04. The highest BCUT2D eigenvalue weighted by Gasteiger charge is 2.30. The number of furan rings is 1. The van der Waals surface area contributed by atoms with Crippen LogP contribution in [0.5, 0.6) is 0 Å². The third kappa shape index (κ3) is 5.53. The second-order valence-corrected chi connectivity index (χ2v) is 11.8. The molecule has 1 atom stereocenters. The van der Waals surface area contributed by atoms with E-state index in [4.69, 9.17) is 10.2 Å². The molecule has 0 fully saturated rings. The molecule has 0 saturated carbocycles. The van der Waals surface area contributed by atoms with Gasteiger partial charge in [0, 0.05) is 28.3 Å². The SMILES string of the molecule is CC(C)(C)Sc1nnc(C(Cc2c[nH]c3ccccc23)NC(=O)C(C)(C)N)n1Cc1ccco1. The van der Waals surface area contributed by atoms with Gasteiger partial charge >= 0.3 is 0 Å². The number of amides is 1. The summed E-state index contributed by atoms with van der Waals surface area (Å²) in [6, 6.07) is 11.5. The van der Waals surface area contributed by atoms with Crippen molar-refractivity contribution in [2.24, 2.45) is 5.73 Å². The Morgan fingerprint density at radius 3 is 2.62 bits per heavy atom.